The highest BCUT2D eigenvalue weighted by Gasteiger charge is 2.29. The van der Waals surface area contributed by atoms with Crippen LogP contribution in [0.1, 0.15) is 195 Å². The van der Waals surface area contributed by atoms with Crippen molar-refractivity contribution < 1.29 is 21.8 Å². The molecule has 0 saturated heterocycles. The SMILES string of the molecule is C.CCCCCC1CCC(CC2CCC(C(=O)O)CC2)CC1.CCCCCC1CCC(CC2CCC(C=O)CC2)CC1.[HH].[HH].[HH].[HH].[HH]. The van der Waals surface area contributed by atoms with Gasteiger partial charge in [0, 0.05) is 13.1 Å². The predicted molar refractivity (Wildman–Crippen MR) is 190 cm³/mol. The summed E-state index contributed by atoms with van der Waals surface area (Å²) in [5.74, 6) is 5.54. The molecule has 0 radical (unpaired) electrons. The lowest BCUT2D eigenvalue weighted by atomic mass is 9.72. The Morgan fingerprint density at radius 2 is 0.905 bits per heavy atom. The molecule has 4 saturated carbocycles. The van der Waals surface area contributed by atoms with Gasteiger partial charge in [0.15, 0.2) is 0 Å². The number of aliphatic carboxylic acids is 1. The molecule has 256 valence electrons. The highest BCUT2D eigenvalue weighted by molar-refractivity contribution is 5.69. The number of hydrogen-bond acceptors (Lipinski definition) is 2. The maximum absolute atomic E-state index is 11.0. The second-order valence-corrected chi connectivity index (χ2v) is 15.2. The maximum atomic E-state index is 11.0. The molecule has 0 atom stereocenters. The lowest BCUT2D eigenvalue weighted by molar-refractivity contribution is -0.143. The Morgan fingerprint density at radius 3 is 1.24 bits per heavy atom. The van der Waals surface area contributed by atoms with E-state index >= 15 is 0 Å². The summed E-state index contributed by atoms with van der Waals surface area (Å²) < 4.78 is 0. The number of carboxylic acids is 1. The number of carboxylic acid groups (broad SMARTS) is 1. The van der Waals surface area contributed by atoms with Gasteiger partial charge in [-0.2, -0.15) is 0 Å². The van der Waals surface area contributed by atoms with E-state index in [9.17, 15) is 9.59 Å². The average molecular weight is 599 g/mol. The molecule has 1 N–H and O–H groups in total. The van der Waals surface area contributed by atoms with Crippen LogP contribution in [0.5, 0.6) is 0 Å². The second-order valence-electron chi connectivity index (χ2n) is 15.2. The molecule has 0 spiro atoms. The Hall–Kier alpha value is -0.860. The predicted octanol–water partition coefficient (Wildman–Crippen LogP) is 13.3. The van der Waals surface area contributed by atoms with Crippen LogP contribution >= 0.6 is 0 Å². The summed E-state index contributed by atoms with van der Waals surface area (Å²) in [4.78, 5) is 21.8. The van der Waals surface area contributed by atoms with Crippen molar-refractivity contribution in [3.8, 4) is 0 Å². The molecule has 0 amide bonds. The summed E-state index contributed by atoms with van der Waals surface area (Å²) in [5.41, 5.74) is 0. The van der Waals surface area contributed by atoms with Crippen LogP contribution in [0.4, 0.5) is 0 Å². The number of hydrogen-bond donors (Lipinski definition) is 1. The van der Waals surface area contributed by atoms with Crippen LogP contribution in [-0.2, 0) is 9.59 Å². The highest BCUT2D eigenvalue weighted by Crippen LogP contribution is 2.40. The molecule has 0 aromatic rings. The molecule has 42 heavy (non-hydrogen) atoms. The number of carbonyl (C=O) groups excluding carboxylic acids is 1. The van der Waals surface area contributed by atoms with E-state index in [1.165, 1.54) is 148 Å². The monoisotopic (exact) mass is 599 g/mol. The number of rotatable bonds is 14. The quantitative estimate of drug-likeness (QED) is 0.160. The van der Waals surface area contributed by atoms with Crippen LogP contribution in [-0.4, -0.2) is 17.4 Å². The molecule has 0 aromatic carbocycles. The third-order valence-electron chi connectivity index (χ3n) is 12.0. The van der Waals surface area contributed by atoms with Crippen LogP contribution in [0, 0.1) is 47.3 Å². The van der Waals surface area contributed by atoms with Crippen molar-refractivity contribution in [2.75, 3.05) is 0 Å². The van der Waals surface area contributed by atoms with E-state index in [-0.39, 0.29) is 20.5 Å². The molecule has 0 unspecified atom stereocenters. The van der Waals surface area contributed by atoms with Gasteiger partial charge in [0.1, 0.15) is 6.29 Å². The topological polar surface area (TPSA) is 54.4 Å². The van der Waals surface area contributed by atoms with Gasteiger partial charge in [0.05, 0.1) is 5.92 Å². The van der Waals surface area contributed by atoms with Gasteiger partial charge >= 0.3 is 5.97 Å². The van der Waals surface area contributed by atoms with Gasteiger partial charge in [0.2, 0.25) is 0 Å². The molecular formula is C39H82O3. The Labute approximate surface area is 269 Å². The summed E-state index contributed by atoms with van der Waals surface area (Å²) in [6, 6.07) is 0. The van der Waals surface area contributed by atoms with Crippen LogP contribution in [0.2, 0.25) is 0 Å². The van der Waals surface area contributed by atoms with Gasteiger partial charge in [-0.15, -0.1) is 0 Å². The highest BCUT2D eigenvalue weighted by atomic mass is 16.4. The van der Waals surface area contributed by atoms with E-state index < -0.39 is 5.97 Å². The van der Waals surface area contributed by atoms with E-state index in [0.29, 0.717) is 5.92 Å². The smallest absolute Gasteiger partial charge is 0.306 e. The molecule has 3 nitrogen and oxygen atoms in total. The lowest BCUT2D eigenvalue weighted by Crippen LogP contribution is -2.24. The van der Waals surface area contributed by atoms with Crippen molar-refractivity contribution >= 4 is 12.3 Å². The van der Waals surface area contributed by atoms with Crippen LogP contribution in [0.3, 0.4) is 0 Å². The number of unbranched alkanes of at least 4 members (excludes halogenated alkanes) is 4. The Morgan fingerprint density at radius 1 is 0.571 bits per heavy atom. The zero-order valence-electron chi connectivity index (χ0n) is 27.3. The fourth-order valence-corrected chi connectivity index (χ4v) is 9.03. The summed E-state index contributed by atoms with van der Waals surface area (Å²) in [7, 11) is 0. The molecule has 4 rings (SSSR count). The fraction of sp³-hybridized carbons (Fsp3) is 0.949. The molecule has 4 aliphatic carbocycles. The molecule has 4 aliphatic rings. The zero-order valence-corrected chi connectivity index (χ0v) is 27.3. The van der Waals surface area contributed by atoms with E-state index in [0.717, 1.165) is 61.2 Å². The summed E-state index contributed by atoms with van der Waals surface area (Å²) in [6.45, 7) is 4.59. The van der Waals surface area contributed by atoms with Crippen LogP contribution in [0.15, 0.2) is 0 Å². The Bertz CT molecular complexity index is 695. The molecule has 0 bridgehead atoms. The summed E-state index contributed by atoms with van der Waals surface area (Å²) >= 11 is 0. The van der Waals surface area contributed by atoms with Gasteiger partial charge in [0.25, 0.3) is 0 Å². The molecule has 0 aliphatic heterocycles. The van der Waals surface area contributed by atoms with E-state index in [2.05, 4.69) is 13.8 Å². The maximum Gasteiger partial charge on any atom is 0.306 e. The van der Waals surface area contributed by atoms with Gasteiger partial charge in [-0.05, 0) is 99.7 Å². The fourth-order valence-electron chi connectivity index (χ4n) is 9.03. The first kappa shape index (κ1) is 37.3. The lowest BCUT2D eigenvalue weighted by Gasteiger charge is -2.33. The summed E-state index contributed by atoms with van der Waals surface area (Å²) in [6.07, 6.45) is 36.3. The minimum absolute atomic E-state index is 0. The van der Waals surface area contributed by atoms with E-state index in [1.807, 2.05) is 0 Å². The van der Waals surface area contributed by atoms with Gasteiger partial charge in [-0.25, -0.2) is 0 Å². The van der Waals surface area contributed by atoms with Crippen LogP contribution in [0.25, 0.3) is 0 Å². The van der Waals surface area contributed by atoms with Gasteiger partial charge in [-0.3, -0.25) is 4.79 Å². The second kappa shape index (κ2) is 21.8. The van der Waals surface area contributed by atoms with E-state index in [4.69, 9.17) is 5.11 Å². The van der Waals surface area contributed by atoms with Crippen molar-refractivity contribution in [3.63, 3.8) is 0 Å². The molecule has 0 heterocycles. The first-order chi connectivity index (χ1) is 20.0. The Balaban J connectivity index is -0.000000349. The van der Waals surface area contributed by atoms with Crippen molar-refractivity contribution in [3.05, 3.63) is 0 Å². The molecule has 4 fully saturated rings. The largest absolute Gasteiger partial charge is 0.481 e. The first-order valence-electron chi connectivity index (χ1n) is 18.7. The normalized spacial score (nSPS) is 33.5. The zero-order chi connectivity index (χ0) is 29.3. The Kier molecular flexibility index (Phi) is 19.4. The minimum atomic E-state index is -0.568. The van der Waals surface area contributed by atoms with Gasteiger partial charge < -0.3 is 9.90 Å². The summed E-state index contributed by atoms with van der Waals surface area (Å²) in [5, 5.41) is 9.06. The van der Waals surface area contributed by atoms with Crippen molar-refractivity contribution in [2.45, 2.75) is 188 Å². The average Bonchev–Trinajstić information content (AvgIpc) is 3.00. The number of aldehydes is 1. The van der Waals surface area contributed by atoms with Crippen LogP contribution < -0.4 is 0 Å². The molecule has 0 aromatic heterocycles. The van der Waals surface area contributed by atoms with Crippen molar-refractivity contribution in [1.29, 1.82) is 0 Å². The minimum Gasteiger partial charge on any atom is -0.481 e. The van der Waals surface area contributed by atoms with Gasteiger partial charge in [-0.1, -0.05) is 124 Å². The van der Waals surface area contributed by atoms with E-state index in [1.54, 1.807) is 0 Å². The first-order valence-corrected chi connectivity index (χ1v) is 18.7. The third kappa shape index (κ3) is 14.3. The number of carbonyl (C=O) groups is 2. The third-order valence-corrected chi connectivity index (χ3v) is 12.0. The van der Waals surface area contributed by atoms with Crippen molar-refractivity contribution in [2.24, 2.45) is 47.3 Å². The standard InChI is InChI=1S/C19H34O2.C19H34O.CH4.5H2/c1-2-3-4-5-15-6-8-16(9-7-15)14-17-10-12-18(13-11-17)19(20)21;1-2-3-4-5-16-6-8-17(9-7-16)14-18-10-12-19(15-20)13-11-18;;;;;;/h15-18H,2-14H2,1H3,(H,20,21);15-19H,2-14H2,1H3;1H4;5*1H. The molecule has 3 heteroatoms. The van der Waals surface area contributed by atoms with Crippen molar-refractivity contribution in [1.82, 2.24) is 0 Å². The molecular weight excluding hydrogens is 516 g/mol.